The smallest absolute Gasteiger partial charge is 0.263 e. The van der Waals surface area contributed by atoms with Crippen molar-refractivity contribution in [2.75, 3.05) is 0 Å². The predicted octanol–water partition coefficient (Wildman–Crippen LogP) is 4.53. The van der Waals surface area contributed by atoms with Gasteiger partial charge in [0.2, 0.25) is 11.7 Å². The standard InChI is InChI=1S/C22H16N4O2S/c1-14-7-5-6-10-16(14)20-24-18(28-25-20)11-26-13-23-21-19(22(26)27)17(12-29-21)15-8-3-2-4-9-15/h2-10,12-13H,11H2,1H3. The highest BCUT2D eigenvalue weighted by Gasteiger charge is 2.16. The van der Waals surface area contributed by atoms with Gasteiger partial charge >= 0.3 is 0 Å². The van der Waals surface area contributed by atoms with Gasteiger partial charge in [0.05, 0.1) is 11.7 Å². The summed E-state index contributed by atoms with van der Waals surface area (Å²) in [6, 6.07) is 17.7. The van der Waals surface area contributed by atoms with Gasteiger partial charge in [-0.05, 0) is 18.1 Å². The zero-order valence-electron chi connectivity index (χ0n) is 15.6. The maximum absolute atomic E-state index is 13.2. The van der Waals surface area contributed by atoms with Crippen LogP contribution in [0.5, 0.6) is 0 Å². The first-order chi connectivity index (χ1) is 14.2. The van der Waals surface area contributed by atoms with Gasteiger partial charge in [-0.15, -0.1) is 11.3 Å². The SMILES string of the molecule is Cc1ccccc1-c1noc(Cn2cnc3scc(-c4ccccc4)c3c2=O)n1. The van der Waals surface area contributed by atoms with Crippen molar-refractivity contribution < 1.29 is 4.52 Å². The van der Waals surface area contributed by atoms with E-state index in [1.807, 2.05) is 66.9 Å². The van der Waals surface area contributed by atoms with Gasteiger partial charge in [-0.25, -0.2) is 4.98 Å². The summed E-state index contributed by atoms with van der Waals surface area (Å²) < 4.78 is 6.91. The molecule has 0 bridgehead atoms. The highest BCUT2D eigenvalue weighted by molar-refractivity contribution is 7.17. The molecule has 0 aliphatic rings. The fourth-order valence-corrected chi connectivity index (χ4v) is 4.21. The molecule has 3 heterocycles. The van der Waals surface area contributed by atoms with Crippen LogP contribution in [0.15, 0.2) is 75.6 Å². The molecule has 0 spiro atoms. The number of benzene rings is 2. The average Bonchev–Trinajstić information content (AvgIpc) is 3.39. The van der Waals surface area contributed by atoms with Crippen molar-refractivity contribution in [1.29, 1.82) is 0 Å². The Hall–Kier alpha value is -3.58. The minimum absolute atomic E-state index is 0.120. The molecule has 0 aliphatic heterocycles. The highest BCUT2D eigenvalue weighted by Crippen LogP contribution is 2.30. The van der Waals surface area contributed by atoms with Crippen LogP contribution in [-0.2, 0) is 6.54 Å². The highest BCUT2D eigenvalue weighted by atomic mass is 32.1. The number of thiophene rings is 1. The second-order valence-corrected chi connectivity index (χ2v) is 7.56. The molecular formula is C22H16N4O2S. The van der Waals surface area contributed by atoms with Gasteiger partial charge in [0.25, 0.3) is 5.56 Å². The van der Waals surface area contributed by atoms with Gasteiger partial charge in [0.15, 0.2) is 0 Å². The van der Waals surface area contributed by atoms with Gasteiger partial charge in [-0.2, -0.15) is 4.98 Å². The molecule has 0 N–H and O–H groups in total. The molecule has 0 saturated carbocycles. The molecule has 0 saturated heterocycles. The first-order valence-electron chi connectivity index (χ1n) is 9.11. The lowest BCUT2D eigenvalue weighted by molar-refractivity contribution is 0.369. The number of hydrogen-bond acceptors (Lipinski definition) is 6. The van der Waals surface area contributed by atoms with Crippen LogP contribution < -0.4 is 5.56 Å². The molecule has 7 heteroatoms. The van der Waals surface area contributed by atoms with Crippen LogP contribution >= 0.6 is 11.3 Å². The Kier molecular flexibility index (Phi) is 4.29. The number of rotatable bonds is 4. The Labute approximate surface area is 170 Å². The number of nitrogens with zero attached hydrogens (tertiary/aromatic N) is 4. The Morgan fingerprint density at radius 3 is 2.66 bits per heavy atom. The first-order valence-corrected chi connectivity index (χ1v) is 9.99. The van der Waals surface area contributed by atoms with Crippen LogP contribution in [-0.4, -0.2) is 19.7 Å². The van der Waals surface area contributed by atoms with Crippen LogP contribution in [0.3, 0.4) is 0 Å². The lowest BCUT2D eigenvalue weighted by Crippen LogP contribution is -2.21. The van der Waals surface area contributed by atoms with E-state index >= 15 is 0 Å². The summed E-state index contributed by atoms with van der Waals surface area (Å²) in [5.74, 6) is 0.878. The molecule has 5 rings (SSSR count). The Balaban J connectivity index is 1.53. The maximum atomic E-state index is 13.2. The summed E-state index contributed by atoms with van der Waals surface area (Å²) in [5.41, 5.74) is 3.74. The van der Waals surface area contributed by atoms with Gasteiger partial charge in [0.1, 0.15) is 11.4 Å². The third kappa shape index (κ3) is 3.15. The lowest BCUT2D eigenvalue weighted by Gasteiger charge is -2.03. The largest absolute Gasteiger partial charge is 0.337 e. The molecule has 2 aromatic carbocycles. The molecule has 0 atom stereocenters. The van der Waals surface area contributed by atoms with Crippen LogP contribution in [0.4, 0.5) is 0 Å². The normalized spacial score (nSPS) is 11.2. The summed E-state index contributed by atoms with van der Waals surface area (Å²) in [5, 5.41) is 6.66. The molecule has 29 heavy (non-hydrogen) atoms. The molecule has 0 aliphatic carbocycles. The summed E-state index contributed by atoms with van der Waals surface area (Å²) in [6.07, 6.45) is 1.54. The fraction of sp³-hybridized carbons (Fsp3) is 0.0909. The minimum Gasteiger partial charge on any atom is -0.337 e. The average molecular weight is 400 g/mol. The molecule has 0 amide bonds. The van der Waals surface area contributed by atoms with Gasteiger partial charge in [-0.1, -0.05) is 59.8 Å². The van der Waals surface area contributed by atoms with Crippen molar-refractivity contribution in [1.82, 2.24) is 19.7 Å². The Bertz CT molecular complexity index is 1370. The van der Waals surface area contributed by atoms with Crippen molar-refractivity contribution in [3.05, 3.63) is 88.1 Å². The van der Waals surface area contributed by atoms with Crippen molar-refractivity contribution >= 4 is 21.6 Å². The van der Waals surface area contributed by atoms with Gasteiger partial charge in [-0.3, -0.25) is 9.36 Å². The van der Waals surface area contributed by atoms with Crippen LogP contribution in [0.1, 0.15) is 11.5 Å². The fourth-order valence-electron chi connectivity index (χ4n) is 3.31. The van der Waals surface area contributed by atoms with Crippen molar-refractivity contribution in [3.63, 3.8) is 0 Å². The maximum Gasteiger partial charge on any atom is 0.263 e. The molecule has 0 unspecified atom stereocenters. The monoisotopic (exact) mass is 400 g/mol. The topological polar surface area (TPSA) is 73.8 Å². The molecule has 142 valence electrons. The summed E-state index contributed by atoms with van der Waals surface area (Å²) in [6.45, 7) is 2.17. The number of hydrogen-bond donors (Lipinski definition) is 0. The van der Waals surface area contributed by atoms with E-state index in [1.54, 1.807) is 0 Å². The number of aromatic nitrogens is 4. The van der Waals surface area contributed by atoms with E-state index in [0.717, 1.165) is 27.1 Å². The second-order valence-electron chi connectivity index (χ2n) is 6.70. The van der Waals surface area contributed by atoms with E-state index in [2.05, 4.69) is 15.1 Å². The zero-order chi connectivity index (χ0) is 19.8. The summed E-state index contributed by atoms with van der Waals surface area (Å²) in [4.78, 5) is 22.8. The van der Waals surface area contributed by atoms with Crippen LogP contribution in [0.2, 0.25) is 0 Å². The first kappa shape index (κ1) is 17.5. The van der Waals surface area contributed by atoms with Crippen molar-refractivity contribution in [3.8, 4) is 22.5 Å². The second kappa shape index (κ2) is 7.10. The van der Waals surface area contributed by atoms with Gasteiger partial charge in [0, 0.05) is 16.5 Å². The molecule has 6 nitrogen and oxygen atoms in total. The minimum atomic E-state index is -0.120. The number of aryl methyl sites for hydroxylation is 1. The van der Waals surface area contributed by atoms with E-state index < -0.39 is 0 Å². The molecule has 5 aromatic rings. The van der Waals surface area contributed by atoms with Gasteiger partial charge < -0.3 is 4.52 Å². The third-order valence-electron chi connectivity index (χ3n) is 4.81. The van der Waals surface area contributed by atoms with Crippen molar-refractivity contribution in [2.45, 2.75) is 13.5 Å². The summed E-state index contributed by atoms with van der Waals surface area (Å²) >= 11 is 1.47. The number of fused-ring (bicyclic) bond motifs is 1. The summed E-state index contributed by atoms with van der Waals surface area (Å²) in [7, 11) is 0. The molecular weight excluding hydrogens is 384 g/mol. The van der Waals surface area contributed by atoms with Crippen LogP contribution in [0, 0.1) is 6.92 Å². The Morgan fingerprint density at radius 2 is 1.83 bits per heavy atom. The van der Waals surface area contributed by atoms with E-state index in [4.69, 9.17) is 4.52 Å². The molecule has 0 radical (unpaired) electrons. The van der Waals surface area contributed by atoms with Crippen molar-refractivity contribution in [2.24, 2.45) is 0 Å². The quantitative estimate of drug-likeness (QED) is 0.443. The van der Waals surface area contributed by atoms with Crippen LogP contribution in [0.25, 0.3) is 32.7 Å². The van der Waals surface area contributed by atoms with E-state index in [-0.39, 0.29) is 12.1 Å². The third-order valence-corrected chi connectivity index (χ3v) is 5.69. The molecule has 3 aromatic heterocycles. The predicted molar refractivity (Wildman–Crippen MR) is 113 cm³/mol. The van der Waals surface area contributed by atoms with E-state index in [1.165, 1.54) is 22.2 Å². The van der Waals surface area contributed by atoms with E-state index in [0.29, 0.717) is 17.1 Å². The molecule has 0 fully saturated rings. The lowest BCUT2D eigenvalue weighted by atomic mass is 10.1. The van der Waals surface area contributed by atoms with E-state index in [9.17, 15) is 4.79 Å². The zero-order valence-corrected chi connectivity index (χ0v) is 16.4. The Morgan fingerprint density at radius 1 is 1.03 bits per heavy atom.